The van der Waals surface area contributed by atoms with Crippen molar-refractivity contribution < 1.29 is 9.47 Å². The number of nitrogens with zero attached hydrogens (tertiary/aromatic N) is 4. The van der Waals surface area contributed by atoms with Crippen LogP contribution >= 0.6 is 0 Å². The maximum Gasteiger partial charge on any atom is 0.263 e. The molecule has 0 saturated carbocycles. The smallest absolute Gasteiger partial charge is 0.263 e. The summed E-state index contributed by atoms with van der Waals surface area (Å²) >= 11 is 0. The molecule has 0 spiro atoms. The molecule has 2 heterocycles. The number of fused-ring (bicyclic) bond motifs is 1. The fourth-order valence-corrected chi connectivity index (χ4v) is 2.89. The molecule has 0 aliphatic rings. The van der Waals surface area contributed by atoms with Crippen LogP contribution in [0.15, 0.2) is 29.2 Å². The molecule has 0 aliphatic heterocycles. The Morgan fingerprint density at radius 2 is 1.96 bits per heavy atom. The first-order valence-corrected chi connectivity index (χ1v) is 8.65. The molecular weight excluding hydrogens is 346 g/mol. The average molecular weight is 371 g/mol. The Labute approximate surface area is 157 Å². The van der Waals surface area contributed by atoms with Gasteiger partial charge in [0.15, 0.2) is 5.65 Å². The second-order valence-electron chi connectivity index (χ2n) is 7.39. The fourth-order valence-electron chi connectivity index (χ4n) is 2.89. The van der Waals surface area contributed by atoms with E-state index >= 15 is 0 Å². The highest BCUT2D eigenvalue weighted by Gasteiger charge is 2.21. The van der Waals surface area contributed by atoms with Crippen LogP contribution < -0.4 is 19.9 Å². The van der Waals surface area contributed by atoms with Gasteiger partial charge in [-0.2, -0.15) is 10.1 Å². The Morgan fingerprint density at radius 1 is 1.22 bits per heavy atom. The maximum absolute atomic E-state index is 12.5. The number of nitrogens with one attached hydrogen (secondary N) is 1. The van der Waals surface area contributed by atoms with Crippen LogP contribution in [-0.4, -0.2) is 41.0 Å². The van der Waals surface area contributed by atoms with Crippen LogP contribution in [0.4, 0.5) is 5.95 Å². The molecule has 144 valence electrons. The molecule has 1 aromatic carbocycles. The van der Waals surface area contributed by atoms with Gasteiger partial charge in [0, 0.05) is 25.2 Å². The van der Waals surface area contributed by atoms with Crippen LogP contribution in [0.25, 0.3) is 11.0 Å². The van der Waals surface area contributed by atoms with Crippen LogP contribution in [0.5, 0.6) is 11.5 Å². The molecule has 2 aromatic heterocycles. The second kappa shape index (κ2) is 6.94. The summed E-state index contributed by atoms with van der Waals surface area (Å²) in [6.45, 7) is 6.57. The Bertz CT molecular complexity index is 1020. The molecular formula is C19H25N5O3. The molecule has 0 radical (unpaired) electrons. The lowest BCUT2D eigenvalue weighted by molar-refractivity contribution is 0.366. The summed E-state index contributed by atoms with van der Waals surface area (Å²) in [5, 5.41) is 4.82. The Hall–Kier alpha value is -3.03. The maximum atomic E-state index is 12.5. The quantitative estimate of drug-likeness (QED) is 0.742. The summed E-state index contributed by atoms with van der Waals surface area (Å²) in [6.07, 6.45) is 1.56. The van der Waals surface area contributed by atoms with E-state index in [1.807, 2.05) is 50.9 Å². The largest absolute Gasteiger partial charge is 0.497 e. The van der Waals surface area contributed by atoms with E-state index in [1.54, 1.807) is 25.1 Å². The van der Waals surface area contributed by atoms with Crippen molar-refractivity contribution in [2.45, 2.75) is 32.9 Å². The van der Waals surface area contributed by atoms with Gasteiger partial charge in [0.25, 0.3) is 5.56 Å². The number of anilines is 1. The number of H-pyrrole nitrogens is 1. The van der Waals surface area contributed by atoms with E-state index < -0.39 is 0 Å². The standard InChI is InChI=1S/C19H25N5O3/c1-19(2,3)24-16-14(10-20-24)17(25)22-18(21-16)23(4)11-12-7-8-13(26-5)9-15(12)27-6/h7-10H,11H2,1-6H3,(H,21,22,25). The highest BCUT2D eigenvalue weighted by molar-refractivity contribution is 5.74. The summed E-state index contributed by atoms with van der Waals surface area (Å²) < 4.78 is 12.5. The SMILES string of the molecule is COc1ccc(CN(C)c2nc3c(cnn3C(C)(C)C)c(=O)[nH]2)c(OC)c1. The van der Waals surface area contributed by atoms with Crippen molar-refractivity contribution in [1.29, 1.82) is 0 Å². The van der Waals surface area contributed by atoms with Gasteiger partial charge in [-0.3, -0.25) is 9.78 Å². The zero-order chi connectivity index (χ0) is 19.8. The summed E-state index contributed by atoms with van der Waals surface area (Å²) in [4.78, 5) is 21.8. The van der Waals surface area contributed by atoms with Gasteiger partial charge in [0.2, 0.25) is 5.95 Å². The Morgan fingerprint density at radius 3 is 2.59 bits per heavy atom. The van der Waals surface area contributed by atoms with Crippen molar-refractivity contribution in [3.8, 4) is 11.5 Å². The van der Waals surface area contributed by atoms with Crippen molar-refractivity contribution in [2.75, 3.05) is 26.2 Å². The lowest BCUT2D eigenvalue weighted by atomic mass is 10.1. The number of methoxy groups -OCH3 is 2. The number of aromatic amines is 1. The average Bonchev–Trinajstić information content (AvgIpc) is 3.07. The Kier molecular flexibility index (Phi) is 4.82. The van der Waals surface area contributed by atoms with Crippen LogP contribution in [0, 0.1) is 0 Å². The van der Waals surface area contributed by atoms with Gasteiger partial charge >= 0.3 is 0 Å². The highest BCUT2D eigenvalue weighted by Crippen LogP contribution is 2.26. The number of ether oxygens (including phenoxy) is 2. The monoisotopic (exact) mass is 371 g/mol. The zero-order valence-electron chi connectivity index (χ0n) is 16.5. The third-order valence-corrected chi connectivity index (χ3v) is 4.32. The van der Waals surface area contributed by atoms with Gasteiger partial charge in [-0.15, -0.1) is 0 Å². The van der Waals surface area contributed by atoms with E-state index in [0.717, 1.165) is 11.3 Å². The molecule has 3 rings (SSSR count). The predicted octanol–water partition coefficient (Wildman–Crippen LogP) is 2.53. The topological polar surface area (TPSA) is 85.3 Å². The van der Waals surface area contributed by atoms with Gasteiger partial charge in [-0.05, 0) is 32.9 Å². The first-order chi connectivity index (χ1) is 12.7. The molecule has 0 aliphatic carbocycles. The predicted molar refractivity (Wildman–Crippen MR) is 105 cm³/mol. The third-order valence-electron chi connectivity index (χ3n) is 4.32. The second-order valence-corrected chi connectivity index (χ2v) is 7.39. The molecule has 0 saturated heterocycles. The third kappa shape index (κ3) is 3.60. The molecule has 0 atom stereocenters. The van der Waals surface area contributed by atoms with Crippen LogP contribution in [-0.2, 0) is 12.1 Å². The molecule has 0 amide bonds. The number of hydrogen-bond donors (Lipinski definition) is 1. The van der Waals surface area contributed by atoms with Gasteiger partial charge in [0.05, 0.1) is 26.0 Å². The Balaban J connectivity index is 1.99. The van der Waals surface area contributed by atoms with E-state index in [9.17, 15) is 4.79 Å². The number of rotatable bonds is 5. The molecule has 1 N–H and O–H groups in total. The van der Waals surface area contributed by atoms with Gasteiger partial charge < -0.3 is 14.4 Å². The van der Waals surface area contributed by atoms with Crippen molar-refractivity contribution in [2.24, 2.45) is 0 Å². The first-order valence-electron chi connectivity index (χ1n) is 8.65. The summed E-state index contributed by atoms with van der Waals surface area (Å²) in [6, 6.07) is 5.64. The lowest BCUT2D eigenvalue weighted by Crippen LogP contribution is -2.26. The van der Waals surface area contributed by atoms with E-state index in [4.69, 9.17) is 9.47 Å². The molecule has 8 heteroatoms. The number of aromatic nitrogens is 4. The van der Waals surface area contributed by atoms with Crippen molar-refractivity contribution in [3.63, 3.8) is 0 Å². The van der Waals surface area contributed by atoms with Crippen LogP contribution in [0.2, 0.25) is 0 Å². The fraction of sp³-hybridized carbons (Fsp3) is 0.421. The number of hydrogen-bond acceptors (Lipinski definition) is 6. The molecule has 3 aromatic rings. The van der Waals surface area contributed by atoms with E-state index in [-0.39, 0.29) is 11.1 Å². The summed E-state index contributed by atoms with van der Waals surface area (Å²) in [5.41, 5.74) is 1.03. The first kappa shape index (κ1) is 18.8. The molecule has 8 nitrogen and oxygen atoms in total. The lowest BCUT2D eigenvalue weighted by Gasteiger charge is -2.22. The minimum Gasteiger partial charge on any atom is -0.497 e. The van der Waals surface area contributed by atoms with Crippen molar-refractivity contribution in [3.05, 3.63) is 40.3 Å². The van der Waals surface area contributed by atoms with E-state index in [2.05, 4.69) is 15.1 Å². The minimum absolute atomic E-state index is 0.209. The zero-order valence-corrected chi connectivity index (χ0v) is 16.5. The molecule has 0 fully saturated rings. The van der Waals surface area contributed by atoms with Crippen molar-refractivity contribution in [1.82, 2.24) is 19.7 Å². The van der Waals surface area contributed by atoms with Crippen LogP contribution in [0.3, 0.4) is 0 Å². The van der Waals surface area contributed by atoms with Gasteiger partial charge in [-0.1, -0.05) is 0 Å². The molecule has 27 heavy (non-hydrogen) atoms. The van der Waals surface area contributed by atoms with E-state index in [1.165, 1.54) is 0 Å². The normalized spacial score (nSPS) is 11.6. The highest BCUT2D eigenvalue weighted by atomic mass is 16.5. The van der Waals surface area contributed by atoms with E-state index in [0.29, 0.717) is 29.3 Å². The van der Waals surface area contributed by atoms with Gasteiger partial charge in [0.1, 0.15) is 16.9 Å². The summed E-state index contributed by atoms with van der Waals surface area (Å²) in [5.74, 6) is 1.90. The number of benzene rings is 1. The molecule has 0 unspecified atom stereocenters. The molecule has 0 bridgehead atoms. The minimum atomic E-state index is -0.280. The van der Waals surface area contributed by atoms with Crippen LogP contribution in [0.1, 0.15) is 26.3 Å². The van der Waals surface area contributed by atoms with Crippen molar-refractivity contribution >= 4 is 17.0 Å². The van der Waals surface area contributed by atoms with Gasteiger partial charge in [-0.25, -0.2) is 4.68 Å². The summed E-state index contributed by atoms with van der Waals surface area (Å²) in [7, 11) is 5.10.